The first-order chi connectivity index (χ1) is 18.3. The highest BCUT2D eigenvalue weighted by atomic mass is 16.5. The molecule has 4 unspecified atom stereocenters. The highest BCUT2D eigenvalue weighted by Crippen LogP contribution is 2.51. The number of hydrogen-bond acceptors (Lipinski definition) is 4. The first kappa shape index (κ1) is 29.9. The van der Waals surface area contributed by atoms with Gasteiger partial charge in [-0.3, -0.25) is 0 Å². The van der Waals surface area contributed by atoms with Crippen molar-refractivity contribution in [3.05, 3.63) is 36.4 Å². The third kappa shape index (κ3) is 7.27. The standard InChI is InChI=1S/C34H50O4/c1-9-15-23(5)35-30-22-21-29-31(34(30)38-26(8)18-12-4)33(37-25(7)17-11-3)28-20-14-13-19-27(28)32(29)36-24(6)16-10-2/h13-14,19-26H,9-12,15-18H2,1-8H3. The normalized spacial score (nSPS) is 14.7. The second kappa shape index (κ2) is 14.5. The summed E-state index contributed by atoms with van der Waals surface area (Å²) in [5.74, 6) is 3.30. The van der Waals surface area contributed by atoms with Crippen LogP contribution in [0.4, 0.5) is 0 Å². The minimum absolute atomic E-state index is 0.0465. The molecule has 38 heavy (non-hydrogen) atoms. The monoisotopic (exact) mass is 522 g/mol. The van der Waals surface area contributed by atoms with Crippen LogP contribution in [0.25, 0.3) is 21.5 Å². The van der Waals surface area contributed by atoms with Crippen LogP contribution in [0.2, 0.25) is 0 Å². The van der Waals surface area contributed by atoms with Crippen molar-refractivity contribution in [2.45, 2.75) is 131 Å². The van der Waals surface area contributed by atoms with Gasteiger partial charge < -0.3 is 18.9 Å². The lowest BCUT2D eigenvalue weighted by Gasteiger charge is -2.26. The Bertz CT molecular complexity index is 1150. The Morgan fingerprint density at radius 1 is 0.474 bits per heavy atom. The zero-order valence-electron chi connectivity index (χ0n) is 25.1. The van der Waals surface area contributed by atoms with E-state index in [2.05, 4.69) is 91.8 Å². The predicted octanol–water partition coefficient (Wildman–Crippen LogP) is 10.3. The lowest BCUT2D eigenvalue weighted by atomic mass is 9.98. The average molecular weight is 523 g/mol. The molecule has 3 aromatic carbocycles. The van der Waals surface area contributed by atoms with Gasteiger partial charge in [-0.2, -0.15) is 0 Å². The first-order valence-electron chi connectivity index (χ1n) is 15.0. The quantitative estimate of drug-likeness (QED) is 0.175. The van der Waals surface area contributed by atoms with Gasteiger partial charge in [-0.05, 0) is 65.5 Å². The maximum absolute atomic E-state index is 6.79. The first-order valence-corrected chi connectivity index (χ1v) is 15.0. The molecule has 0 N–H and O–H groups in total. The van der Waals surface area contributed by atoms with Gasteiger partial charge in [0.2, 0.25) is 0 Å². The van der Waals surface area contributed by atoms with Crippen molar-refractivity contribution in [2.75, 3.05) is 0 Å². The van der Waals surface area contributed by atoms with Gasteiger partial charge in [0.1, 0.15) is 11.5 Å². The predicted molar refractivity (Wildman–Crippen MR) is 161 cm³/mol. The van der Waals surface area contributed by atoms with Crippen molar-refractivity contribution in [3.8, 4) is 23.0 Å². The molecule has 0 heterocycles. The lowest BCUT2D eigenvalue weighted by molar-refractivity contribution is 0.171. The molecule has 210 valence electrons. The van der Waals surface area contributed by atoms with Crippen molar-refractivity contribution in [3.63, 3.8) is 0 Å². The summed E-state index contributed by atoms with van der Waals surface area (Å²) in [5, 5.41) is 4.09. The molecule has 0 amide bonds. The Hall–Kier alpha value is -2.62. The van der Waals surface area contributed by atoms with Gasteiger partial charge in [-0.25, -0.2) is 0 Å². The van der Waals surface area contributed by atoms with E-state index >= 15 is 0 Å². The molecule has 0 saturated heterocycles. The Balaban J connectivity index is 2.39. The third-order valence-electron chi connectivity index (χ3n) is 7.08. The van der Waals surface area contributed by atoms with Crippen LogP contribution in [-0.2, 0) is 0 Å². The van der Waals surface area contributed by atoms with Gasteiger partial charge in [0.05, 0.1) is 29.8 Å². The molecule has 4 heteroatoms. The van der Waals surface area contributed by atoms with E-state index in [0.717, 1.165) is 95.9 Å². The van der Waals surface area contributed by atoms with Crippen molar-refractivity contribution >= 4 is 21.5 Å². The molecule has 0 bridgehead atoms. The summed E-state index contributed by atoms with van der Waals surface area (Å²) < 4.78 is 26.8. The van der Waals surface area contributed by atoms with Gasteiger partial charge in [0, 0.05) is 16.2 Å². The molecular formula is C34H50O4. The van der Waals surface area contributed by atoms with E-state index < -0.39 is 0 Å². The van der Waals surface area contributed by atoms with Gasteiger partial charge >= 0.3 is 0 Å². The van der Waals surface area contributed by atoms with Crippen LogP contribution < -0.4 is 18.9 Å². The van der Waals surface area contributed by atoms with E-state index in [1.807, 2.05) is 0 Å². The molecule has 0 fully saturated rings. The maximum Gasteiger partial charge on any atom is 0.173 e. The number of benzene rings is 3. The Kier molecular flexibility index (Phi) is 11.4. The minimum Gasteiger partial charge on any atom is -0.489 e. The number of ether oxygens (including phenoxy) is 4. The summed E-state index contributed by atoms with van der Waals surface area (Å²) in [6.45, 7) is 17.4. The zero-order chi connectivity index (χ0) is 27.7. The molecule has 4 nitrogen and oxygen atoms in total. The van der Waals surface area contributed by atoms with Crippen molar-refractivity contribution < 1.29 is 18.9 Å². The van der Waals surface area contributed by atoms with E-state index in [9.17, 15) is 0 Å². The van der Waals surface area contributed by atoms with Crippen LogP contribution in [0.1, 0.15) is 107 Å². The van der Waals surface area contributed by atoms with Gasteiger partial charge in [0.15, 0.2) is 11.5 Å². The summed E-state index contributed by atoms with van der Waals surface area (Å²) in [4.78, 5) is 0. The molecule has 3 aromatic rings. The van der Waals surface area contributed by atoms with Crippen LogP contribution in [0.3, 0.4) is 0 Å². The van der Waals surface area contributed by atoms with Crippen LogP contribution in [0.15, 0.2) is 36.4 Å². The third-order valence-corrected chi connectivity index (χ3v) is 7.08. The number of hydrogen-bond donors (Lipinski definition) is 0. The Labute approximate surface area is 231 Å². The maximum atomic E-state index is 6.79. The van der Waals surface area contributed by atoms with Gasteiger partial charge in [-0.15, -0.1) is 0 Å². The number of fused-ring (bicyclic) bond motifs is 2. The Morgan fingerprint density at radius 2 is 0.895 bits per heavy atom. The SMILES string of the molecule is CCCC(C)Oc1ccc2c(OC(C)CCC)c3ccccc3c(OC(C)CCC)c2c1OC(C)CCC. The fraction of sp³-hybridized carbons (Fsp3) is 0.588. The fourth-order valence-corrected chi connectivity index (χ4v) is 5.28. The zero-order valence-corrected chi connectivity index (χ0v) is 25.1. The molecule has 3 rings (SSSR count). The van der Waals surface area contributed by atoms with Crippen LogP contribution >= 0.6 is 0 Å². The largest absolute Gasteiger partial charge is 0.489 e. The summed E-state index contributed by atoms with van der Waals surface area (Å²) >= 11 is 0. The molecule has 0 aliphatic heterocycles. The minimum atomic E-state index is 0.0465. The Morgan fingerprint density at radius 3 is 1.39 bits per heavy atom. The van der Waals surface area contributed by atoms with Crippen molar-refractivity contribution in [2.24, 2.45) is 0 Å². The summed E-state index contributed by atoms with van der Waals surface area (Å²) in [6.07, 6.45) is 8.48. The van der Waals surface area contributed by atoms with Crippen LogP contribution in [0, 0.1) is 0 Å². The molecule has 0 aliphatic rings. The summed E-state index contributed by atoms with van der Waals surface area (Å²) in [7, 11) is 0. The fourth-order valence-electron chi connectivity index (χ4n) is 5.28. The second-order valence-corrected chi connectivity index (χ2v) is 10.9. The highest BCUT2D eigenvalue weighted by molar-refractivity contribution is 6.13. The van der Waals surface area contributed by atoms with E-state index in [1.165, 1.54) is 0 Å². The molecule has 0 aliphatic carbocycles. The average Bonchev–Trinajstić information content (AvgIpc) is 2.87. The molecule has 0 spiro atoms. The molecular weight excluding hydrogens is 472 g/mol. The van der Waals surface area contributed by atoms with Crippen LogP contribution in [-0.4, -0.2) is 24.4 Å². The molecule has 4 atom stereocenters. The lowest BCUT2D eigenvalue weighted by Crippen LogP contribution is -2.17. The van der Waals surface area contributed by atoms with Crippen molar-refractivity contribution in [1.29, 1.82) is 0 Å². The highest BCUT2D eigenvalue weighted by Gasteiger charge is 2.26. The topological polar surface area (TPSA) is 36.9 Å². The van der Waals surface area contributed by atoms with E-state index in [4.69, 9.17) is 18.9 Å². The van der Waals surface area contributed by atoms with E-state index in [1.54, 1.807) is 0 Å². The molecule has 0 aromatic heterocycles. The van der Waals surface area contributed by atoms with Gasteiger partial charge in [0.25, 0.3) is 0 Å². The number of rotatable bonds is 16. The van der Waals surface area contributed by atoms with Crippen molar-refractivity contribution in [1.82, 2.24) is 0 Å². The smallest absolute Gasteiger partial charge is 0.173 e. The summed E-state index contributed by atoms with van der Waals surface area (Å²) in [5.41, 5.74) is 0. The molecule has 0 saturated carbocycles. The van der Waals surface area contributed by atoms with Crippen LogP contribution in [0.5, 0.6) is 23.0 Å². The summed E-state index contributed by atoms with van der Waals surface area (Å²) in [6, 6.07) is 12.6. The second-order valence-electron chi connectivity index (χ2n) is 10.9. The molecule has 0 radical (unpaired) electrons. The van der Waals surface area contributed by atoms with Gasteiger partial charge in [-0.1, -0.05) is 77.6 Å². The van der Waals surface area contributed by atoms with E-state index in [0.29, 0.717) is 0 Å². The van der Waals surface area contributed by atoms with E-state index in [-0.39, 0.29) is 24.4 Å².